The van der Waals surface area contributed by atoms with Crippen LogP contribution in [-0.2, 0) is 10.0 Å². The van der Waals surface area contributed by atoms with E-state index in [1.165, 1.54) is 18.5 Å². The molecule has 0 aliphatic heterocycles. The number of oxazole rings is 1. The number of ketones is 1. The summed E-state index contributed by atoms with van der Waals surface area (Å²) in [6, 6.07) is 8.09. The van der Waals surface area contributed by atoms with Crippen molar-refractivity contribution >= 4 is 32.6 Å². The standard InChI is InChI=1S/C17H15FN2O4S/c1-2-5-25(22,23)20-14-7-12(6-13(18)9-14)17(21)11-3-4-15-16(8-11)24-10-19-15/h3-4,6-10,20H,2,5H2,1H3. The van der Waals surface area contributed by atoms with Gasteiger partial charge in [-0.1, -0.05) is 6.92 Å². The van der Waals surface area contributed by atoms with Gasteiger partial charge in [0, 0.05) is 11.1 Å². The second-order valence-electron chi connectivity index (χ2n) is 5.51. The fourth-order valence-corrected chi connectivity index (χ4v) is 3.56. The van der Waals surface area contributed by atoms with Crippen LogP contribution in [0.1, 0.15) is 29.3 Å². The normalized spacial score (nSPS) is 11.6. The maximum absolute atomic E-state index is 13.9. The summed E-state index contributed by atoms with van der Waals surface area (Å²) < 4.78 is 45.0. The first-order valence-electron chi connectivity index (χ1n) is 7.57. The Morgan fingerprint density at radius 3 is 2.76 bits per heavy atom. The molecule has 0 spiro atoms. The molecule has 0 radical (unpaired) electrons. The number of sulfonamides is 1. The fraction of sp³-hybridized carbons (Fsp3) is 0.176. The zero-order valence-electron chi connectivity index (χ0n) is 13.3. The van der Waals surface area contributed by atoms with E-state index in [9.17, 15) is 17.6 Å². The Morgan fingerprint density at radius 2 is 2.00 bits per heavy atom. The second-order valence-corrected chi connectivity index (χ2v) is 7.36. The number of hydrogen-bond acceptors (Lipinski definition) is 5. The average molecular weight is 362 g/mol. The van der Waals surface area contributed by atoms with Gasteiger partial charge in [-0.2, -0.15) is 0 Å². The maximum Gasteiger partial charge on any atom is 0.232 e. The number of carbonyl (C=O) groups excluding carboxylic acids is 1. The van der Waals surface area contributed by atoms with Crippen LogP contribution in [-0.4, -0.2) is 24.9 Å². The minimum Gasteiger partial charge on any atom is -0.443 e. The van der Waals surface area contributed by atoms with Crippen molar-refractivity contribution in [3.8, 4) is 0 Å². The predicted molar refractivity (Wildman–Crippen MR) is 91.5 cm³/mol. The molecule has 130 valence electrons. The van der Waals surface area contributed by atoms with Crippen molar-refractivity contribution in [1.82, 2.24) is 4.98 Å². The quantitative estimate of drug-likeness (QED) is 0.679. The SMILES string of the molecule is CCCS(=O)(=O)Nc1cc(F)cc(C(=O)c2ccc3ncoc3c2)c1. The average Bonchev–Trinajstić information content (AvgIpc) is 3.00. The molecular weight excluding hydrogens is 347 g/mol. The summed E-state index contributed by atoms with van der Waals surface area (Å²) in [5, 5.41) is 0. The zero-order valence-corrected chi connectivity index (χ0v) is 14.1. The van der Waals surface area contributed by atoms with E-state index in [2.05, 4.69) is 9.71 Å². The molecule has 0 atom stereocenters. The van der Waals surface area contributed by atoms with Gasteiger partial charge in [0.1, 0.15) is 11.3 Å². The van der Waals surface area contributed by atoms with Crippen molar-refractivity contribution in [3.05, 3.63) is 59.7 Å². The van der Waals surface area contributed by atoms with Crippen LogP contribution >= 0.6 is 0 Å². The third kappa shape index (κ3) is 3.85. The van der Waals surface area contributed by atoms with Gasteiger partial charge in [0.15, 0.2) is 17.8 Å². The minimum atomic E-state index is -3.58. The lowest BCUT2D eigenvalue weighted by Gasteiger charge is -2.09. The molecule has 0 aliphatic rings. The molecule has 1 N–H and O–H groups in total. The van der Waals surface area contributed by atoms with E-state index < -0.39 is 21.6 Å². The van der Waals surface area contributed by atoms with Crippen LogP contribution in [0.5, 0.6) is 0 Å². The Kier molecular flexibility index (Phi) is 4.54. The molecule has 0 fully saturated rings. The van der Waals surface area contributed by atoms with Crippen molar-refractivity contribution in [2.75, 3.05) is 10.5 Å². The molecule has 8 heteroatoms. The lowest BCUT2D eigenvalue weighted by molar-refractivity contribution is 0.103. The molecule has 0 aliphatic carbocycles. The number of anilines is 1. The molecule has 0 saturated carbocycles. The molecule has 3 rings (SSSR count). The smallest absolute Gasteiger partial charge is 0.232 e. The summed E-state index contributed by atoms with van der Waals surface area (Å²) in [6.07, 6.45) is 1.69. The van der Waals surface area contributed by atoms with Crippen LogP contribution in [0, 0.1) is 5.82 Å². The highest BCUT2D eigenvalue weighted by molar-refractivity contribution is 7.92. The van der Waals surface area contributed by atoms with Crippen LogP contribution in [0.3, 0.4) is 0 Å². The van der Waals surface area contributed by atoms with Crippen LogP contribution in [0.2, 0.25) is 0 Å². The molecule has 1 heterocycles. The predicted octanol–water partition coefficient (Wildman–Crippen LogP) is 3.35. The van der Waals surface area contributed by atoms with E-state index in [-0.39, 0.29) is 22.6 Å². The fourth-order valence-electron chi connectivity index (χ4n) is 2.44. The first-order chi connectivity index (χ1) is 11.9. The van der Waals surface area contributed by atoms with Gasteiger partial charge >= 0.3 is 0 Å². The molecular formula is C17H15FN2O4S. The Hall–Kier alpha value is -2.74. The van der Waals surface area contributed by atoms with Gasteiger partial charge in [-0.05, 0) is 42.8 Å². The summed E-state index contributed by atoms with van der Waals surface area (Å²) in [5.41, 5.74) is 1.37. The lowest BCUT2D eigenvalue weighted by Crippen LogP contribution is -2.16. The summed E-state index contributed by atoms with van der Waals surface area (Å²) in [7, 11) is -3.58. The van der Waals surface area contributed by atoms with Crippen LogP contribution < -0.4 is 4.72 Å². The Labute approximate surface area is 143 Å². The number of fused-ring (bicyclic) bond motifs is 1. The monoisotopic (exact) mass is 362 g/mol. The number of benzene rings is 2. The minimum absolute atomic E-state index is 0.0116. The summed E-state index contributed by atoms with van der Waals surface area (Å²) >= 11 is 0. The van der Waals surface area contributed by atoms with Crippen molar-refractivity contribution in [3.63, 3.8) is 0 Å². The molecule has 0 saturated heterocycles. The molecule has 0 unspecified atom stereocenters. The molecule has 2 aromatic carbocycles. The molecule has 6 nitrogen and oxygen atoms in total. The Morgan fingerprint density at radius 1 is 1.20 bits per heavy atom. The largest absolute Gasteiger partial charge is 0.443 e. The van der Waals surface area contributed by atoms with E-state index in [0.717, 1.165) is 12.1 Å². The first kappa shape index (κ1) is 17.1. The lowest BCUT2D eigenvalue weighted by atomic mass is 10.0. The van der Waals surface area contributed by atoms with Gasteiger partial charge in [0.25, 0.3) is 0 Å². The second kappa shape index (κ2) is 6.64. The number of aromatic nitrogens is 1. The summed E-state index contributed by atoms with van der Waals surface area (Å²) in [6.45, 7) is 1.72. The van der Waals surface area contributed by atoms with Crippen molar-refractivity contribution in [1.29, 1.82) is 0 Å². The highest BCUT2D eigenvalue weighted by Gasteiger charge is 2.15. The van der Waals surface area contributed by atoms with E-state index in [0.29, 0.717) is 17.5 Å². The summed E-state index contributed by atoms with van der Waals surface area (Å²) in [4.78, 5) is 16.6. The van der Waals surface area contributed by atoms with Crippen LogP contribution in [0.4, 0.5) is 10.1 Å². The van der Waals surface area contributed by atoms with E-state index in [4.69, 9.17) is 4.42 Å². The van der Waals surface area contributed by atoms with E-state index in [1.54, 1.807) is 19.1 Å². The first-order valence-corrected chi connectivity index (χ1v) is 9.22. The number of nitrogens with zero attached hydrogens (tertiary/aromatic N) is 1. The molecule has 0 amide bonds. The van der Waals surface area contributed by atoms with Crippen molar-refractivity contribution < 1.29 is 22.0 Å². The van der Waals surface area contributed by atoms with Crippen LogP contribution in [0.25, 0.3) is 11.1 Å². The third-order valence-electron chi connectivity index (χ3n) is 3.50. The van der Waals surface area contributed by atoms with Gasteiger partial charge in [0.05, 0.1) is 11.4 Å². The molecule has 25 heavy (non-hydrogen) atoms. The number of halogens is 1. The Bertz CT molecular complexity index is 1040. The van der Waals surface area contributed by atoms with Crippen molar-refractivity contribution in [2.45, 2.75) is 13.3 Å². The highest BCUT2D eigenvalue weighted by Crippen LogP contribution is 2.21. The van der Waals surface area contributed by atoms with Gasteiger partial charge in [-0.25, -0.2) is 17.8 Å². The van der Waals surface area contributed by atoms with Gasteiger partial charge in [-0.3, -0.25) is 9.52 Å². The number of hydrogen-bond donors (Lipinski definition) is 1. The number of rotatable bonds is 6. The maximum atomic E-state index is 13.9. The molecule has 0 bridgehead atoms. The highest BCUT2D eigenvalue weighted by atomic mass is 32.2. The van der Waals surface area contributed by atoms with E-state index in [1.807, 2.05) is 0 Å². The number of nitrogens with one attached hydrogen (secondary N) is 1. The third-order valence-corrected chi connectivity index (χ3v) is 4.99. The zero-order chi connectivity index (χ0) is 18.0. The topological polar surface area (TPSA) is 89.3 Å². The number of carbonyl (C=O) groups is 1. The van der Waals surface area contributed by atoms with Crippen LogP contribution in [0.15, 0.2) is 47.2 Å². The molecule has 1 aromatic heterocycles. The van der Waals surface area contributed by atoms with Gasteiger partial charge < -0.3 is 4.42 Å². The summed E-state index contributed by atoms with van der Waals surface area (Å²) in [5.74, 6) is -1.25. The van der Waals surface area contributed by atoms with Gasteiger partial charge in [0.2, 0.25) is 10.0 Å². The molecule has 3 aromatic rings. The van der Waals surface area contributed by atoms with Crippen molar-refractivity contribution in [2.24, 2.45) is 0 Å². The van der Waals surface area contributed by atoms with Gasteiger partial charge in [-0.15, -0.1) is 0 Å². The Balaban J connectivity index is 1.94. The van der Waals surface area contributed by atoms with E-state index >= 15 is 0 Å².